The lowest BCUT2D eigenvalue weighted by atomic mass is 10.1. The molecular formula is C22H21N3O3S. The Morgan fingerprint density at radius 1 is 1.24 bits per heavy atom. The minimum atomic E-state index is -0.261. The molecule has 1 atom stereocenters. The molecule has 29 heavy (non-hydrogen) atoms. The van der Waals surface area contributed by atoms with Crippen molar-refractivity contribution in [2.45, 2.75) is 26.3 Å². The highest BCUT2D eigenvalue weighted by atomic mass is 32.1. The predicted octanol–water partition coefficient (Wildman–Crippen LogP) is 4.37. The number of hydrogen-bond acceptors (Lipinski definition) is 5. The van der Waals surface area contributed by atoms with E-state index in [4.69, 9.17) is 4.74 Å². The van der Waals surface area contributed by atoms with E-state index in [1.165, 1.54) is 18.4 Å². The van der Waals surface area contributed by atoms with Gasteiger partial charge in [-0.15, -0.1) is 11.3 Å². The first-order chi connectivity index (χ1) is 14.0. The summed E-state index contributed by atoms with van der Waals surface area (Å²) in [4.78, 5) is 30.9. The molecule has 0 saturated heterocycles. The number of thiazole rings is 1. The molecule has 1 N–H and O–H groups in total. The standard InChI is InChI=1S/C22H21N3O3S/c1-13-10-16-11-15(8-9-19(16)25(13)14(2)26)18-12-29-22(23-18)24-21(27)17-6-4-5-7-20(17)28-3/h4-9,11-13H,10H2,1-3H3,(H,23,24,27)/t13-/m1/s1. The zero-order valence-electron chi connectivity index (χ0n) is 16.4. The molecule has 1 aliphatic heterocycles. The molecule has 148 valence electrons. The largest absolute Gasteiger partial charge is 0.496 e. The van der Waals surface area contributed by atoms with Crippen LogP contribution in [0.5, 0.6) is 5.75 Å². The number of ether oxygens (including phenoxy) is 1. The van der Waals surface area contributed by atoms with Crippen LogP contribution >= 0.6 is 11.3 Å². The Morgan fingerprint density at radius 3 is 2.79 bits per heavy atom. The Bertz CT molecular complexity index is 1090. The summed E-state index contributed by atoms with van der Waals surface area (Å²) in [5, 5.41) is 5.28. The summed E-state index contributed by atoms with van der Waals surface area (Å²) in [7, 11) is 1.54. The topological polar surface area (TPSA) is 71.5 Å². The van der Waals surface area contributed by atoms with Gasteiger partial charge in [-0.1, -0.05) is 18.2 Å². The van der Waals surface area contributed by atoms with Crippen molar-refractivity contribution in [1.82, 2.24) is 4.98 Å². The Kier molecular flexibility index (Phi) is 5.07. The van der Waals surface area contributed by atoms with Crippen molar-refractivity contribution in [1.29, 1.82) is 0 Å². The zero-order valence-corrected chi connectivity index (χ0v) is 17.2. The van der Waals surface area contributed by atoms with Crippen molar-refractivity contribution in [2.24, 2.45) is 0 Å². The van der Waals surface area contributed by atoms with Crippen molar-refractivity contribution >= 4 is 34.0 Å². The van der Waals surface area contributed by atoms with Gasteiger partial charge in [0.25, 0.3) is 5.91 Å². The van der Waals surface area contributed by atoms with Crippen LogP contribution < -0.4 is 15.0 Å². The summed E-state index contributed by atoms with van der Waals surface area (Å²) >= 11 is 1.37. The summed E-state index contributed by atoms with van der Waals surface area (Å²) in [6.07, 6.45) is 0.824. The van der Waals surface area contributed by atoms with Gasteiger partial charge >= 0.3 is 0 Å². The van der Waals surface area contributed by atoms with Crippen LogP contribution in [0.4, 0.5) is 10.8 Å². The fraction of sp³-hybridized carbons (Fsp3) is 0.227. The molecule has 0 unspecified atom stereocenters. The Hall–Kier alpha value is -3.19. The van der Waals surface area contributed by atoms with Gasteiger partial charge in [-0.25, -0.2) is 4.98 Å². The maximum absolute atomic E-state index is 12.6. The molecule has 2 amide bonds. The van der Waals surface area contributed by atoms with E-state index >= 15 is 0 Å². The third kappa shape index (κ3) is 3.61. The van der Waals surface area contributed by atoms with Crippen molar-refractivity contribution in [3.05, 3.63) is 59.0 Å². The molecule has 2 heterocycles. The Balaban J connectivity index is 1.55. The molecule has 6 nitrogen and oxygen atoms in total. The van der Waals surface area contributed by atoms with Gasteiger partial charge in [-0.2, -0.15) is 0 Å². The van der Waals surface area contributed by atoms with Gasteiger partial charge in [0.05, 0.1) is 18.4 Å². The fourth-order valence-corrected chi connectivity index (χ4v) is 4.45. The average Bonchev–Trinajstić information content (AvgIpc) is 3.30. The Morgan fingerprint density at radius 2 is 2.03 bits per heavy atom. The summed E-state index contributed by atoms with van der Waals surface area (Å²) < 4.78 is 5.25. The van der Waals surface area contributed by atoms with Crippen molar-refractivity contribution < 1.29 is 14.3 Å². The summed E-state index contributed by atoms with van der Waals surface area (Å²) in [6, 6.07) is 13.2. The first kappa shape index (κ1) is 19.1. The number of nitrogens with one attached hydrogen (secondary N) is 1. The van der Waals surface area contributed by atoms with E-state index in [9.17, 15) is 9.59 Å². The van der Waals surface area contributed by atoms with Gasteiger partial charge in [-0.3, -0.25) is 14.9 Å². The van der Waals surface area contributed by atoms with E-state index in [-0.39, 0.29) is 17.9 Å². The second-order valence-corrected chi connectivity index (χ2v) is 7.84. The number of carbonyl (C=O) groups is 2. The summed E-state index contributed by atoms with van der Waals surface area (Å²) in [5.41, 5.74) is 4.33. The molecule has 0 aliphatic carbocycles. The second-order valence-electron chi connectivity index (χ2n) is 6.98. The van der Waals surface area contributed by atoms with E-state index in [0.717, 1.165) is 28.9 Å². The smallest absolute Gasteiger partial charge is 0.261 e. The normalized spacial score (nSPS) is 15.1. The van der Waals surface area contributed by atoms with Crippen LogP contribution in [0.25, 0.3) is 11.3 Å². The molecule has 7 heteroatoms. The second kappa shape index (κ2) is 7.67. The van der Waals surface area contributed by atoms with Crippen LogP contribution in [0.2, 0.25) is 0 Å². The molecule has 0 bridgehead atoms. The molecule has 0 saturated carbocycles. The van der Waals surface area contributed by atoms with Gasteiger partial charge in [0.1, 0.15) is 5.75 Å². The highest BCUT2D eigenvalue weighted by Crippen LogP contribution is 2.36. The van der Waals surface area contributed by atoms with Crippen molar-refractivity contribution in [3.8, 4) is 17.0 Å². The molecule has 3 aromatic rings. The zero-order chi connectivity index (χ0) is 20.5. The van der Waals surface area contributed by atoms with Gasteiger partial charge in [0, 0.05) is 29.6 Å². The van der Waals surface area contributed by atoms with Crippen LogP contribution in [0.15, 0.2) is 47.8 Å². The summed E-state index contributed by atoms with van der Waals surface area (Å²) in [5.74, 6) is 0.312. The number of para-hydroxylation sites is 1. The molecule has 0 spiro atoms. The SMILES string of the molecule is COc1ccccc1C(=O)Nc1nc(-c2ccc3c(c2)C[C@@H](C)N3C(C)=O)cs1. The van der Waals surface area contributed by atoms with Crippen molar-refractivity contribution in [3.63, 3.8) is 0 Å². The lowest BCUT2D eigenvalue weighted by Gasteiger charge is -2.20. The van der Waals surface area contributed by atoms with E-state index < -0.39 is 0 Å². The average molecular weight is 407 g/mol. The highest BCUT2D eigenvalue weighted by molar-refractivity contribution is 7.14. The van der Waals surface area contributed by atoms with Gasteiger partial charge < -0.3 is 9.64 Å². The number of benzene rings is 2. The van der Waals surface area contributed by atoms with Gasteiger partial charge in [0.15, 0.2) is 5.13 Å². The molecule has 2 aromatic carbocycles. The summed E-state index contributed by atoms with van der Waals surface area (Å²) in [6.45, 7) is 3.64. The number of amides is 2. The third-order valence-corrected chi connectivity index (χ3v) is 5.76. The minimum Gasteiger partial charge on any atom is -0.496 e. The first-order valence-corrected chi connectivity index (χ1v) is 10.2. The van der Waals surface area contributed by atoms with Crippen LogP contribution in [0.1, 0.15) is 29.8 Å². The van der Waals surface area contributed by atoms with Crippen LogP contribution in [0, 0.1) is 0 Å². The first-order valence-electron chi connectivity index (χ1n) is 9.31. The van der Waals surface area contributed by atoms with Crippen LogP contribution in [-0.2, 0) is 11.2 Å². The minimum absolute atomic E-state index is 0.0546. The van der Waals surface area contributed by atoms with Gasteiger partial charge in [0.2, 0.25) is 5.91 Å². The molecule has 0 radical (unpaired) electrons. The number of nitrogens with zero attached hydrogens (tertiary/aromatic N) is 2. The number of fused-ring (bicyclic) bond motifs is 1. The maximum Gasteiger partial charge on any atom is 0.261 e. The number of carbonyl (C=O) groups excluding carboxylic acids is 2. The van der Waals surface area contributed by atoms with E-state index in [1.807, 2.05) is 28.5 Å². The van der Waals surface area contributed by atoms with Crippen molar-refractivity contribution in [2.75, 3.05) is 17.3 Å². The molecule has 4 rings (SSSR count). The van der Waals surface area contributed by atoms with Crippen LogP contribution in [-0.4, -0.2) is 29.9 Å². The lowest BCUT2D eigenvalue weighted by Crippen LogP contribution is -2.33. The number of aromatic nitrogens is 1. The maximum atomic E-state index is 12.6. The quantitative estimate of drug-likeness (QED) is 0.697. The predicted molar refractivity (Wildman–Crippen MR) is 115 cm³/mol. The lowest BCUT2D eigenvalue weighted by molar-refractivity contribution is -0.116. The molecular weight excluding hydrogens is 386 g/mol. The number of hydrogen-bond donors (Lipinski definition) is 1. The third-order valence-electron chi connectivity index (χ3n) is 5.01. The Labute approximate surface area is 173 Å². The van der Waals surface area contributed by atoms with E-state index in [1.54, 1.807) is 25.1 Å². The van der Waals surface area contributed by atoms with E-state index in [2.05, 4.69) is 23.3 Å². The highest BCUT2D eigenvalue weighted by Gasteiger charge is 2.29. The molecule has 1 aromatic heterocycles. The molecule has 1 aliphatic rings. The fourth-order valence-electron chi connectivity index (χ4n) is 3.73. The monoisotopic (exact) mass is 407 g/mol. The number of anilines is 2. The van der Waals surface area contributed by atoms with E-state index in [0.29, 0.717) is 16.4 Å². The molecule has 0 fully saturated rings. The van der Waals surface area contributed by atoms with Gasteiger partial charge in [-0.05, 0) is 43.2 Å². The number of methoxy groups -OCH3 is 1. The van der Waals surface area contributed by atoms with Crippen LogP contribution in [0.3, 0.4) is 0 Å². The number of rotatable bonds is 4.